The fourth-order valence-corrected chi connectivity index (χ4v) is 3.63. The molecule has 116 valence electrons. The van der Waals surface area contributed by atoms with Crippen molar-refractivity contribution in [2.45, 2.75) is 44.7 Å². The second kappa shape index (κ2) is 5.87. The Morgan fingerprint density at radius 1 is 1.10 bits per heavy atom. The van der Waals surface area contributed by atoms with Gasteiger partial charge in [-0.2, -0.15) is 0 Å². The van der Waals surface area contributed by atoms with E-state index in [0.29, 0.717) is 11.7 Å². The Bertz CT molecular complexity index is 497. The minimum absolute atomic E-state index is 0.226. The maximum absolute atomic E-state index is 13.5. The number of hydrogen-bond donors (Lipinski definition) is 0. The van der Waals surface area contributed by atoms with Crippen LogP contribution in [0.1, 0.15) is 32.6 Å². The minimum atomic E-state index is -1.39. The van der Waals surface area contributed by atoms with Gasteiger partial charge in [0, 0.05) is 43.0 Å². The van der Waals surface area contributed by atoms with Gasteiger partial charge in [-0.25, -0.2) is 13.2 Å². The van der Waals surface area contributed by atoms with E-state index in [1.807, 2.05) is 0 Å². The zero-order valence-corrected chi connectivity index (χ0v) is 12.3. The van der Waals surface area contributed by atoms with E-state index in [1.54, 1.807) is 0 Å². The van der Waals surface area contributed by atoms with E-state index in [-0.39, 0.29) is 6.04 Å². The number of piperazine rings is 1. The first-order chi connectivity index (χ1) is 10.1. The first-order valence-corrected chi connectivity index (χ1v) is 7.75. The highest BCUT2D eigenvalue weighted by molar-refractivity contribution is 5.49. The van der Waals surface area contributed by atoms with E-state index in [9.17, 15) is 13.2 Å². The number of anilines is 1. The topological polar surface area (TPSA) is 6.48 Å². The second-order valence-electron chi connectivity index (χ2n) is 6.08. The summed E-state index contributed by atoms with van der Waals surface area (Å²) in [6, 6.07) is 2.92. The zero-order valence-electron chi connectivity index (χ0n) is 12.3. The van der Waals surface area contributed by atoms with Crippen molar-refractivity contribution in [1.82, 2.24) is 4.90 Å². The Morgan fingerprint density at radius 3 is 2.48 bits per heavy atom. The summed E-state index contributed by atoms with van der Waals surface area (Å²) in [5.74, 6) is -3.60. The fourth-order valence-electron chi connectivity index (χ4n) is 3.63. The van der Waals surface area contributed by atoms with Crippen molar-refractivity contribution in [2.24, 2.45) is 0 Å². The van der Waals surface area contributed by atoms with Crippen LogP contribution in [0.5, 0.6) is 0 Å². The monoisotopic (exact) mass is 298 g/mol. The highest BCUT2D eigenvalue weighted by Gasteiger charge is 2.34. The molecule has 3 rings (SSSR count). The van der Waals surface area contributed by atoms with Crippen LogP contribution in [-0.2, 0) is 0 Å². The first kappa shape index (κ1) is 14.7. The van der Waals surface area contributed by atoms with Gasteiger partial charge in [-0.1, -0.05) is 13.3 Å². The van der Waals surface area contributed by atoms with Crippen LogP contribution in [-0.4, -0.2) is 36.6 Å². The van der Waals surface area contributed by atoms with Gasteiger partial charge < -0.3 is 4.90 Å². The van der Waals surface area contributed by atoms with Crippen LogP contribution in [0.3, 0.4) is 0 Å². The molecular formula is C16H21F3N2. The van der Waals surface area contributed by atoms with Crippen LogP contribution in [0, 0.1) is 17.5 Å². The van der Waals surface area contributed by atoms with Crippen molar-refractivity contribution in [3.8, 4) is 0 Å². The van der Waals surface area contributed by atoms with Crippen molar-refractivity contribution in [3.05, 3.63) is 29.6 Å². The molecule has 0 bridgehead atoms. The van der Waals surface area contributed by atoms with E-state index in [0.717, 1.165) is 44.6 Å². The van der Waals surface area contributed by atoms with E-state index in [4.69, 9.17) is 0 Å². The molecule has 2 fully saturated rings. The number of halogens is 3. The van der Waals surface area contributed by atoms with Gasteiger partial charge in [0.2, 0.25) is 0 Å². The number of hydrogen-bond acceptors (Lipinski definition) is 2. The molecule has 2 unspecified atom stereocenters. The van der Waals surface area contributed by atoms with Crippen LogP contribution in [0.2, 0.25) is 0 Å². The molecule has 2 aliphatic rings. The maximum Gasteiger partial charge on any atom is 0.194 e. The molecule has 2 atom stereocenters. The van der Waals surface area contributed by atoms with Crippen LogP contribution < -0.4 is 4.90 Å². The lowest BCUT2D eigenvalue weighted by molar-refractivity contribution is 0.111. The van der Waals surface area contributed by atoms with Crippen molar-refractivity contribution < 1.29 is 13.2 Å². The second-order valence-corrected chi connectivity index (χ2v) is 6.08. The maximum atomic E-state index is 13.5. The van der Waals surface area contributed by atoms with Gasteiger partial charge in [-0.3, -0.25) is 4.90 Å². The quantitative estimate of drug-likeness (QED) is 0.770. The highest BCUT2D eigenvalue weighted by Crippen LogP contribution is 2.30. The predicted molar refractivity (Wildman–Crippen MR) is 77.0 cm³/mol. The van der Waals surface area contributed by atoms with Gasteiger partial charge in [0.15, 0.2) is 17.5 Å². The van der Waals surface area contributed by atoms with E-state index in [1.165, 1.54) is 12.8 Å². The van der Waals surface area contributed by atoms with Crippen LogP contribution in [0.25, 0.3) is 0 Å². The summed E-state index contributed by atoms with van der Waals surface area (Å²) in [5, 5.41) is 0. The third-order valence-electron chi connectivity index (χ3n) is 4.81. The normalized spacial score (nSPS) is 26.8. The number of piperidine rings is 1. The molecule has 0 aliphatic carbocycles. The smallest absolute Gasteiger partial charge is 0.194 e. The molecule has 0 saturated carbocycles. The van der Waals surface area contributed by atoms with Gasteiger partial charge in [-0.15, -0.1) is 0 Å². The largest absolute Gasteiger partial charge is 0.366 e. The van der Waals surface area contributed by atoms with Crippen molar-refractivity contribution >= 4 is 5.69 Å². The molecule has 1 aromatic rings. The average Bonchev–Trinajstić information content (AvgIpc) is 2.50. The Morgan fingerprint density at radius 2 is 1.81 bits per heavy atom. The molecule has 0 aromatic heterocycles. The van der Waals surface area contributed by atoms with Crippen molar-refractivity contribution in [3.63, 3.8) is 0 Å². The lowest BCUT2D eigenvalue weighted by Crippen LogP contribution is -2.59. The molecule has 21 heavy (non-hydrogen) atoms. The molecule has 2 aliphatic heterocycles. The summed E-state index contributed by atoms with van der Waals surface area (Å²) in [6.45, 7) is 4.88. The van der Waals surface area contributed by atoms with E-state index in [2.05, 4.69) is 16.7 Å². The fraction of sp³-hybridized carbons (Fsp3) is 0.625. The zero-order chi connectivity index (χ0) is 15.0. The molecule has 0 radical (unpaired) electrons. The van der Waals surface area contributed by atoms with Crippen LogP contribution >= 0.6 is 0 Å². The molecule has 2 saturated heterocycles. The molecule has 5 heteroatoms. The summed E-state index contributed by atoms with van der Waals surface area (Å²) in [5.41, 5.74) is 0.462. The SMILES string of the molecule is CCC1CN2CCCCC2CN1c1cc(F)c(F)c(F)c1. The third kappa shape index (κ3) is 2.76. The van der Waals surface area contributed by atoms with Crippen molar-refractivity contribution in [2.75, 3.05) is 24.5 Å². The number of nitrogens with zero attached hydrogens (tertiary/aromatic N) is 2. The van der Waals surface area contributed by atoms with Gasteiger partial charge in [0.1, 0.15) is 0 Å². The number of fused-ring (bicyclic) bond motifs is 1. The first-order valence-electron chi connectivity index (χ1n) is 7.75. The van der Waals surface area contributed by atoms with Crippen molar-refractivity contribution in [1.29, 1.82) is 0 Å². The molecule has 2 nitrogen and oxygen atoms in total. The summed E-state index contributed by atoms with van der Waals surface area (Å²) >= 11 is 0. The molecule has 0 amide bonds. The molecule has 2 heterocycles. The Kier molecular flexibility index (Phi) is 4.11. The van der Waals surface area contributed by atoms with Gasteiger partial charge >= 0.3 is 0 Å². The molecule has 0 spiro atoms. The van der Waals surface area contributed by atoms with Gasteiger partial charge in [0.05, 0.1) is 0 Å². The Balaban J connectivity index is 1.88. The molecular weight excluding hydrogens is 277 g/mol. The number of benzene rings is 1. The van der Waals surface area contributed by atoms with E-state index < -0.39 is 17.5 Å². The summed E-state index contributed by atoms with van der Waals surface area (Å²) in [6.07, 6.45) is 4.47. The van der Waals surface area contributed by atoms with Gasteiger partial charge in [-0.05, 0) is 25.8 Å². The number of rotatable bonds is 2. The lowest BCUT2D eigenvalue weighted by atomic mass is 9.95. The molecule has 0 N–H and O–H groups in total. The average molecular weight is 298 g/mol. The predicted octanol–water partition coefficient (Wildman–Crippen LogP) is 3.56. The van der Waals surface area contributed by atoms with Crippen LogP contribution in [0.4, 0.5) is 18.9 Å². The summed E-state index contributed by atoms with van der Waals surface area (Å²) in [4.78, 5) is 4.54. The minimum Gasteiger partial charge on any atom is -0.366 e. The summed E-state index contributed by atoms with van der Waals surface area (Å²) in [7, 11) is 0. The van der Waals surface area contributed by atoms with Crippen LogP contribution in [0.15, 0.2) is 12.1 Å². The molecule has 1 aromatic carbocycles. The Hall–Kier alpha value is -1.23. The standard InChI is InChI=1S/C16H21F3N2/c1-2-11-9-20-6-4-3-5-12(20)10-21(11)13-7-14(17)16(19)15(18)8-13/h7-8,11-12H,2-6,9-10H2,1H3. The highest BCUT2D eigenvalue weighted by atomic mass is 19.2. The third-order valence-corrected chi connectivity index (χ3v) is 4.81. The lowest BCUT2D eigenvalue weighted by Gasteiger charge is -2.49. The van der Waals surface area contributed by atoms with E-state index >= 15 is 0 Å². The Labute approximate surface area is 123 Å². The summed E-state index contributed by atoms with van der Waals surface area (Å²) < 4.78 is 40.2. The van der Waals surface area contributed by atoms with Gasteiger partial charge in [0.25, 0.3) is 0 Å².